The summed E-state index contributed by atoms with van der Waals surface area (Å²) in [6, 6.07) is 9.21. The molecule has 3 rings (SSSR count). The summed E-state index contributed by atoms with van der Waals surface area (Å²) in [5, 5.41) is 3.26. The van der Waals surface area contributed by atoms with Gasteiger partial charge in [0, 0.05) is 51.9 Å². The summed E-state index contributed by atoms with van der Waals surface area (Å²) in [4.78, 5) is 19.3. The normalized spacial score (nSPS) is 20.6. The van der Waals surface area contributed by atoms with Crippen molar-refractivity contribution >= 4 is 6.03 Å². The number of piperazine rings is 1. The number of benzene rings is 1. The third kappa shape index (κ3) is 5.19. The SMILES string of the molecule is CCN1CCN(C(=O)NC2CCN(Cc3cccc(C)c3)CC2)CC1. The molecule has 138 valence electrons. The van der Waals surface area contributed by atoms with Crippen LogP contribution in [-0.4, -0.2) is 72.6 Å². The third-order valence-corrected chi connectivity index (χ3v) is 5.51. The van der Waals surface area contributed by atoms with Crippen LogP contribution in [0.4, 0.5) is 4.79 Å². The average Bonchev–Trinajstić information content (AvgIpc) is 2.63. The Morgan fingerprint density at radius 2 is 1.80 bits per heavy atom. The van der Waals surface area contributed by atoms with Gasteiger partial charge >= 0.3 is 6.03 Å². The number of piperidine rings is 1. The second kappa shape index (κ2) is 8.68. The molecule has 0 radical (unpaired) electrons. The number of likely N-dealkylation sites (tertiary alicyclic amines) is 1. The number of hydrogen-bond donors (Lipinski definition) is 1. The summed E-state index contributed by atoms with van der Waals surface area (Å²) in [6.45, 7) is 12.2. The van der Waals surface area contributed by atoms with E-state index in [0.29, 0.717) is 6.04 Å². The Morgan fingerprint density at radius 3 is 2.44 bits per heavy atom. The first-order valence-corrected chi connectivity index (χ1v) is 9.69. The van der Waals surface area contributed by atoms with Gasteiger partial charge in [0.2, 0.25) is 0 Å². The maximum Gasteiger partial charge on any atom is 0.317 e. The molecule has 2 aliphatic heterocycles. The van der Waals surface area contributed by atoms with Crippen molar-refractivity contribution < 1.29 is 4.79 Å². The van der Waals surface area contributed by atoms with Gasteiger partial charge in [0.25, 0.3) is 0 Å². The van der Waals surface area contributed by atoms with Gasteiger partial charge in [0.1, 0.15) is 0 Å². The Kier molecular flexibility index (Phi) is 6.32. The van der Waals surface area contributed by atoms with Crippen molar-refractivity contribution in [1.82, 2.24) is 20.0 Å². The molecule has 1 N–H and O–H groups in total. The Bertz CT molecular complexity index is 561. The minimum absolute atomic E-state index is 0.132. The van der Waals surface area contributed by atoms with Crippen LogP contribution >= 0.6 is 0 Å². The first-order chi connectivity index (χ1) is 12.1. The Morgan fingerprint density at radius 1 is 1.08 bits per heavy atom. The predicted octanol–water partition coefficient (Wildman–Crippen LogP) is 2.31. The molecule has 0 saturated carbocycles. The molecule has 25 heavy (non-hydrogen) atoms. The molecule has 0 aliphatic carbocycles. The number of likely N-dealkylation sites (N-methyl/N-ethyl adjacent to an activating group) is 1. The summed E-state index contributed by atoms with van der Waals surface area (Å²) < 4.78 is 0. The number of amides is 2. The highest BCUT2D eigenvalue weighted by molar-refractivity contribution is 5.74. The zero-order chi connectivity index (χ0) is 17.6. The topological polar surface area (TPSA) is 38.8 Å². The molecule has 0 atom stereocenters. The molecule has 2 saturated heterocycles. The second-order valence-corrected chi connectivity index (χ2v) is 7.41. The molecule has 1 aromatic carbocycles. The highest BCUT2D eigenvalue weighted by Gasteiger charge is 2.25. The van der Waals surface area contributed by atoms with Gasteiger partial charge in [-0.1, -0.05) is 36.8 Å². The van der Waals surface area contributed by atoms with Crippen molar-refractivity contribution in [1.29, 1.82) is 0 Å². The summed E-state index contributed by atoms with van der Waals surface area (Å²) in [5.41, 5.74) is 2.71. The van der Waals surface area contributed by atoms with Crippen LogP contribution in [0.25, 0.3) is 0 Å². The molecule has 2 aliphatic rings. The van der Waals surface area contributed by atoms with E-state index in [0.717, 1.165) is 65.2 Å². The van der Waals surface area contributed by atoms with Gasteiger partial charge in [-0.2, -0.15) is 0 Å². The molecule has 2 fully saturated rings. The predicted molar refractivity (Wildman–Crippen MR) is 102 cm³/mol. The van der Waals surface area contributed by atoms with Crippen molar-refractivity contribution in [2.75, 3.05) is 45.8 Å². The number of carbonyl (C=O) groups excluding carboxylic acids is 1. The van der Waals surface area contributed by atoms with Crippen molar-refractivity contribution in [2.24, 2.45) is 0 Å². The molecule has 0 spiro atoms. The number of nitrogens with one attached hydrogen (secondary N) is 1. The van der Waals surface area contributed by atoms with E-state index in [-0.39, 0.29) is 6.03 Å². The van der Waals surface area contributed by atoms with Crippen molar-refractivity contribution in [3.63, 3.8) is 0 Å². The van der Waals surface area contributed by atoms with Crippen LogP contribution in [0.2, 0.25) is 0 Å². The van der Waals surface area contributed by atoms with Gasteiger partial charge in [0.15, 0.2) is 0 Å². The molecule has 5 heteroatoms. The number of rotatable bonds is 4. The minimum Gasteiger partial charge on any atom is -0.335 e. The summed E-state index contributed by atoms with van der Waals surface area (Å²) >= 11 is 0. The quantitative estimate of drug-likeness (QED) is 0.911. The van der Waals surface area contributed by atoms with Gasteiger partial charge in [-0.15, -0.1) is 0 Å². The van der Waals surface area contributed by atoms with Crippen molar-refractivity contribution in [3.8, 4) is 0 Å². The van der Waals surface area contributed by atoms with E-state index in [1.54, 1.807) is 0 Å². The maximum absolute atomic E-state index is 12.5. The van der Waals surface area contributed by atoms with Gasteiger partial charge < -0.3 is 15.1 Å². The number of carbonyl (C=O) groups is 1. The van der Waals surface area contributed by atoms with Gasteiger partial charge in [-0.05, 0) is 31.9 Å². The lowest BCUT2D eigenvalue weighted by atomic mass is 10.0. The summed E-state index contributed by atoms with van der Waals surface area (Å²) in [5.74, 6) is 0. The first kappa shape index (κ1) is 18.2. The smallest absolute Gasteiger partial charge is 0.317 e. The third-order valence-electron chi connectivity index (χ3n) is 5.51. The standard InChI is InChI=1S/C20H32N4O/c1-3-22-11-13-24(14-12-22)20(25)21-19-7-9-23(10-8-19)16-18-6-4-5-17(2)15-18/h4-6,15,19H,3,7-14,16H2,1-2H3,(H,21,25). The van der Waals surface area contributed by atoms with E-state index in [1.807, 2.05) is 4.90 Å². The molecular weight excluding hydrogens is 312 g/mol. The molecule has 5 nitrogen and oxygen atoms in total. The van der Waals surface area contributed by atoms with E-state index in [1.165, 1.54) is 11.1 Å². The van der Waals surface area contributed by atoms with Gasteiger partial charge in [-0.3, -0.25) is 4.90 Å². The molecule has 2 amide bonds. The largest absolute Gasteiger partial charge is 0.335 e. The van der Waals surface area contributed by atoms with Crippen LogP contribution in [0.3, 0.4) is 0 Å². The molecule has 1 aromatic rings. The van der Waals surface area contributed by atoms with Crippen LogP contribution in [0.15, 0.2) is 24.3 Å². The Balaban J connectivity index is 1.39. The highest BCUT2D eigenvalue weighted by atomic mass is 16.2. The van der Waals surface area contributed by atoms with Crippen molar-refractivity contribution in [2.45, 2.75) is 39.3 Å². The lowest BCUT2D eigenvalue weighted by Crippen LogP contribution is -2.54. The average molecular weight is 345 g/mol. The minimum atomic E-state index is 0.132. The van der Waals surface area contributed by atoms with Gasteiger partial charge in [-0.25, -0.2) is 4.79 Å². The zero-order valence-corrected chi connectivity index (χ0v) is 15.7. The van der Waals surface area contributed by atoms with Crippen LogP contribution in [0.1, 0.15) is 30.9 Å². The molecule has 2 heterocycles. The van der Waals surface area contributed by atoms with Crippen LogP contribution in [-0.2, 0) is 6.54 Å². The molecule has 0 aromatic heterocycles. The van der Waals surface area contributed by atoms with Gasteiger partial charge in [0.05, 0.1) is 0 Å². The fraction of sp³-hybridized carbons (Fsp3) is 0.650. The Hall–Kier alpha value is -1.59. The first-order valence-electron chi connectivity index (χ1n) is 9.69. The number of aryl methyl sites for hydroxylation is 1. The highest BCUT2D eigenvalue weighted by Crippen LogP contribution is 2.15. The van der Waals surface area contributed by atoms with E-state index in [2.05, 4.69) is 53.2 Å². The zero-order valence-electron chi connectivity index (χ0n) is 15.7. The fourth-order valence-corrected chi connectivity index (χ4v) is 3.84. The lowest BCUT2D eigenvalue weighted by Gasteiger charge is -2.37. The fourth-order valence-electron chi connectivity index (χ4n) is 3.84. The summed E-state index contributed by atoms with van der Waals surface area (Å²) in [6.07, 6.45) is 2.10. The van der Waals surface area contributed by atoms with E-state index in [9.17, 15) is 4.79 Å². The monoisotopic (exact) mass is 344 g/mol. The van der Waals surface area contributed by atoms with Crippen molar-refractivity contribution in [3.05, 3.63) is 35.4 Å². The Labute approximate surface area is 152 Å². The lowest BCUT2D eigenvalue weighted by molar-refractivity contribution is 0.134. The van der Waals surface area contributed by atoms with Crippen LogP contribution in [0.5, 0.6) is 0 Å². The van der Waals surface area contributed by atoms with E-state index in [4.69, 9.17) is 0 Å². The molecule has 0 bridgehead atoms. The second-order valence-electron chi connectivity index (χ2n) is 7.41. The number of urea groups is 1. The van der Waals surface area contributed by atoms with Crippen LogP contribution < -0.4 is 5.32 Å². The van der Waals surface area contributed by atoms with E-state index >= 15 is 0 Å². The summed E-state index contributed by atoms with van der Waals surface area (Å²) in [7, 11) is 0. The van der Waals surface area contributed by atoms with E-state index < -0.39 is 0 Å². The molecular formula is C20H32N4O. The molecule has 0 unspecified atom stereocenters. The van der Waals surface area contributed by atoms with Crippen LogP contribution in [0, 0.1) is 6.92 Å². The number of nitrogens with zero attached hydrogens (tertiary/aromatic N) is 3. The number of hydrogen-bond acceptors (Lipinski definition) is 3. The maximum atomic E-state index is 12.5.